The molecule has 18 heavy (non-hydrogen) atoms. The van der Waals surface area contributed by atoms with Gasteiger partial charge in [-0.05, 0) is 49.6 Å². The summed E-state index contributed by atoms with van der Waals surface area (Å²) in [6, 6.07) is 9.79. The van der Waals surface area contributed by atoms with Gasteiger partial charge in [0.05, 0.1) is 6.26 Å². The van der Waals surface area contributed by atoms with Crippen LogP contribution in [0.4, 0.5) is 0 Å². The summed E-state index contributed by atoms with van der Waals surface area (Å²) in [5.74, 6) is 1.59. The quantitative estimate of drug-likeness (QED) is 0.762. The first-order valence-corrected chi connectivity index (χ1v) is 6.31. The summed E-state index contributed by atoms with van der Waals surface area (Å²) in [4.78, 5) is 12.3. The number of benzene rings is 1. The summed E-state index contributed by atoms with van der Waals surface area (Å²) in [6.45, 7) is 4.11. The lowest BCUT2D eigenvalue weighted by Gasteiger charge is -2.04. The minimum atomic E-state index is 0.109. The first-order valence-electron chi connectivity index (χ1n) is 6.31. The van der Waals surface area contributed by atoms with Crippen molar-refractivity contribution in [2.75, 3.05) is 0 Å². The van der Waals surface area contributed by atoms with Crippen LogP contribution in [0.5, 0.6) is 0 Å². The number of hydrogen-bond acceptors (Lipinski definition) is 2. The lowest BCUT2D eigenvalue weighted by Crippen LogP contribution is -2.03. The largest absolute Gasteiger partial charge is 0.469 e. The van der Waals surface area contributed by atoms with Crippen LogP contribution in [-0.2, 0) is 0 Å². The smallest absolute Gasteiger partial charge is 0.166 e. The maximum Gasteiger partial charge on any atom is 0.166 e. The first-order chi connectivity index (χ1) is 8.66. The van der Waals surface area contributed by atoms with Crippen LogP contribution in [-0.4, -0.2) is 5.78 Å². The Kier molecular flexibility index (Phi) is 2.58. The van der Waals surface area contributed by atoms with E-state index in [0.29, 0.717) is 0 Å². The van der Waals surface area contributed by atoms with Gasteiger partial charge in [-0.2, -0.15) is 0 Å². The van der Waals surface area contributed by atoms with Crippen LogP contribution in [0.1, 0.15) is 39.6 Å². The molecule has 0 spiro atoms. The summed E-state index contributed by atoms with van der Waals surface area (Å²) < 4.78 is 5.36. The molecule has 3 rings (SSSR count). The van der Waals surface area contributed by atoms with E-state index in [-0.39, 0.29) is 17.6 Å². The molecule has 1 aliphatic rings. The van der Waals surface area contributed by atoms with E-state index in [1.54, 1.807) is 6.26 Å². The van der Waals surface area contributed by atoms with Crippen LogP contribution in [0.2, 0.25) is 0 Å². The lowest BCUT2D eigenvalue weighted by atomic mass is 10.0. The molecular formula is C16H16O2. The highest BCUT2D eigenvalue weighted by atomic mass is 16.3. The topological polar surface area (TPSA) is 30.2 Å². The monoisotopic (exact) mass is 240 g/mol. The Bertz CT molecular complexity index is 581. The van der Waals surface area contributed by atoms with E-state index in [1.165, 1.54) is 11.1 Å². The Labute approximate surface area is 107 Å². The normalized spacial score (nSPS) is 21.9. The second-order valence-corrected chi connectivity index (χ2v) is 5.13. The fourth-order valence-corrected chi connectivity index (χ4v) is 2.41. The van der Waals surface area contributed by atoms with Gasteiger partial charge in [0, 0.05) is 17.4 Å². The summed E-state index contributed by atoms with van der Waals surface area (Å²) in [7, 11) is 0. The van der Waals surface area contributed by atoms with Crippen LogP contribution in [0.3, 0.4) is 0 Å². The van der Waals surface area contributed by atoms with Gasteiger partial charge in [0.25, 0.3) is 0 Å². The highest BCUT2D eigenvalue weighted by molar-refractivity contribution is 6.00. The van der Waals surface area contributed by atoms with E-state index >= 15 is 0 Å². The molecule has 0 amide bonds. The molecule has 2 atom stereocenters. The molecule has 1 heterocycles. The molecule has 0 radical (unpaired) electrons. The van der Waals surface area contributed by atoms with Gasteiger partial charge in [0.2, 0.25) is 0 Å². The molecule has 1 aromatic heterocycles. The molecule has 1 fully saturated rings. The number of carbonyl (C=O) groups excluding carboxylic acids is 1. The number of hydrogen-bond donors (Lipinski definition) is 0. The summed E-state index contributed by atoms with van der Waals surface area (Å²) in [5, 5.41) is 0. The molecule has 0 bridgehead atoms. The number of aryl methyl sites for hydroxylation is 2. The van der Waals surface area contributed by atoms with Gasteiger partial charge in [-0.15, -0.1) is 0 Å². The van der Waals surface area contributed by atoms with Crippen molar-refractivity contribution in [2.24, 2.45) is 5.92 Å². The predicted octanol–water partition coefficient (Wildman–Crippen LogP) is 3.88. The van der Waals surface area contributed by atoms with E-state index in [9.17, 15) is 4.79 Å². The molecule has 1 aromatic carbocycles. The molecule has 2 aromatic rings. The van der Waals surface area contributed by atoms with Crippen molar-refractivity contribution >= 4 is 5.78 Å². The van der Waals surface area contributed by atoms with Gasteiger partial charge in [-0.3, -0.25) is 4.79 Å². The van der Waals surface area contributed by atoms with Crippen molar-refractivity contribution < 1.29 is 9.21 Å². The van der Waals surface area contributed by atoms with Gasteiger partial charge in [-0.1, -0.05) is 12.1 Å². The number of rotatable bonds is 3. The predicted molar refractivity (Wildman–Crippen MR) is 69.8 cm³/mol. The fraction of sp³-hybridized carbons (Fsp3) is 0.312. The minimum Gasteiger partial charge on any atom is -0.469 e. The second kappa shape index (κ2) is 4.13. The van der Waals surface area contributed by atoms with E-state index < -0.39 is 0 Å². The fourth-order valence-electron chi connectivity index (χ4n) is 2.41. The van der Waals surface area contributed by atoms with Crippen molar-refractivity contribution in [1.29, 1.82) is 0 Å². The third-order valence-corrected chi connectivity index (χ3v) is 3.83. The maximum atomic E-state index is 12.3. The third kappa shape index (κ3) is 1.88. The molecule has 2 nitrogen and oxygen atoms in total. The highest BCUT2D eigenvalue weighted by Gasteiger charge is 2.45. The average molecular weight is 240 g/mol. The van der Waals surface area contributed by atoms with E-state index in [1.807, 2.05) is 37.3 Å². The third-order valence-electron chi connectivity index (χ3n) is 3.83. The number of Topliss-reactive ketones (excluding diaryl/α,β-unsaturated/α-hetero) is 1. The van der Waals surface area contributed by atoms with Gasteiger partial charge in [0.1, 0.15) is 5.76 Å². The maximum absolute atomic E-state index is 12.3. The van der Waals surface area contributed by atoms with Gasteiger partial charge in [0.15, 0.2) is 5.78 Å². The van der Waals surface area contributed by atoms with Crippen molar-refractivity contribution in [3.05, 3.63) is 59.0 Å². The molecule has 92 valence electrons. The molecule has 1 saturated carbocycles. The first kappa shape index (κ1) is 11.3. The number of furan rings is 1. The second-order valence-electron chi connectivity index (χ2n) is 5.13. The Morgan fingerprint density at radius 1 is 1.22 bits per heavy atom. The van der Waals surface area contributed by atoms with Crippen LogP contribution >= 0.6 is 0 Å². The summed E-state index contributed by atoms with van der Waals surface area (Å²) >= 11 is 0. The molecular weight excluding hydrogens is 224 g/mol. The Balaban J connectivity index is 1.78. The van der Waals surface area contributed by atoms with Crippen molar-refractivity contribution in [2.45, 2.75) is 26.2 Å². The molecule has 0 saturated heterocycles. The van der Waals surface area contributed by atoms with Gasteiger partial charge >= 0.3 is 0 Å². The zero-order chi connectivity index (χ0) is 12.7. The number of ketones is 1. The van der Waals surface area contributed by atoms with Crippen LogP contribution < -0.4 is 0 Å². The molecule has 0 aliphatic heterocycles. The standard InChI is InChI=1S/C16H16O2/c1-10-5-6-12(8-11(10)2)16(17)14-9-13(14)15-4-3-7-18-15/h3-8,13-14H,9H2,1-2H3. The summed E-state index contributed by atoms with van der Waals surface area (Å²) in [5.41, 5.74) is 3.23. The van der Waals surface area contributed by atoms with Crippen molar-refractivity contribution in [1.82, 2.24) is 0 Å². The van der Waals surface area contributed by atoms with Crippen LogP contribution in [0, 0.1) is 19.8 Å². The van der Waals surface area contributed by atoms with Crippen LogP contribution in [0.25, 0.3) is 0 Å². The van der Waals surface area contributed by atoms with E-state index in [4.69, 9.17) is 4.42 Å². The number of carbonyl (C=O) groups is 1. The van der Waals surface area contributed by atoms with Gasteiger partial charge in [-0.25, -0.2) is 0 Å². The Morgan fingerprint density at radius 2 is 2.06 bits per heavy atom. The van der Waals surface area contributed by atoms with Gasteiger partial charge < -0.3 is 4.42 Å². The SMILES string of the molecule is Cc1ccc(C(=O)C2CC2c2ccco2)cc1C. The summed E-state index contributed by atoms with van der Waals surface area (Å²) in [6.07, 6.45) is 2.59. The molecule has 2 unspecified atom stereocenters. The zero-order valence-corrected chi connectivity index (χ0v) is 10.6. The van der Waals surface area contributed by atoms with Crippen molar-refractivity contribution in [3.8, 4) is 0 Å². The molecule has 2 heteroatoms. The molecule has 0 N–H and O–H groups in total. The Hall–Kier alpha value is -1.83. The highest BCUT2D eigenvalue weighted by Crippen LogP contribution is 2.49. The van der Waals surface area contributed by atoms with E-state index in [2.05, 4.69) is 6.92 Å². The molecule has 1 aliphatic carbocycles. The van der Waals surface area contributed by atoms with Crippen molar-refractivity contribution in [3.63, 3.8) is 0 Å². The van der Waals surface area contributed by atoms with E-state index in [0.717, 1.165) is 17.7 Å². The zero-order valence-electron chi connectivity index (χ0n) is 10.6. The van der Waals surface area contributed by atoms with Crippen LogP contribution in [0.15, 0.2) is 41.0 Å². The minimum absolute atomic E-state index is 0.109. The lowest BCUT2D eigenvalue weighted by molar-refractivity contribution is 0.0964. The Morgan fingerprint density at radius 3 is 2.72 bits per heavy atom. The average Bonchev–Trinajstić information content (AvgIpc) is 2.98.